The Morgan fingerprint density at radius 2 is 1.08 bits per heavy atom. The lowest BCUT2D eigenvalue weighted by Gasteiger charge is -2.44. The van der Waals surface area contributed by atoms with Crippen molar-refractivity contribution < 1.29 is 38.0 Å². The van der Waals surface area contributed by atoms with Crippen molar-refractivity contribution >= 4 is 11.9 Å². The highest BCUT2D eigenvalue weighted by Gasteiger charge is 2.51. The fourth-order valence-corrected chi connectivity index (χ4v) is 4.38. The van der Waals surface area contributed by atoms with Gasteiger partial charge in [-0.2, -0.15) is 0 Å². The fourth-order valence-electron chi connectivity index (χ4n) is 4.38. The number of benzene rings is 3. The summed E-state index contributed by atoms with van der Waals surface area (Å²) in [4.78, 5) is 24.1. The Hall–Kier alpha value is -3.56. The number of rotatable bonds is 12. The van der Waals surface area contributed by atoms with Gasteiger partial charge in [0.1, 0.15) is 18.3 Å². The first kappa shape index (κ1) is 28.4. The van der Waals surface area contributed by atoms with E-state index in [1.165, 1.54) is 13.8 Å². The molecule has 0 radical (unpaired) electrons. The van der Waals surface area contributed by atoms with Gasteiger partial charge in [-0.05, 0) is 16.7 Å². The molecule has 8 heteroatoms. The molecule has 0 N–H and O–H groups in total. The summed E-state index contributed by atoms with van der Waals surface area (Å²) < 4.78 is 36.0. The third kappa shape index (κ3) is 8.73. The number of hydrogen-bond acceptors (Lipinski definition) is 8. The molecule has 1 heterocycles. The maximum Gasteiger partial charge on any atom is 0.305 e. The summed E-state index contributed by atoms with van der Waals surface area (Å²) in [6, 6.07) is 29.1. The molecule has 0 aromatic heterocycles. The van der Waals surface area contributed by atoms with Crippen molar-refractivity contribution in [3.63, 3.8) is 0 Å². The van der Waals surface area contributed by atoms with Crippen LogP contribution in [0, 0.1) is 0 Å². The summed E-state index contributed by atoms with van der Waals surface area (Å²) in [6.07, 6.45) is -4.47. The van der Waals surface area contributed by atoms with E-state index in [4.69, 9.17) is 28.4 Å². The van der Waals surface area contributed by atoms with Crippen molar-refractivity contribution in [2.45, 2.75) is 64.4 Å². The molecule has 206 valence electrons. The Bertz CT molecular complexity index is 1150. The molecule has 0 spiro atoms. The Kier molecular flexibility index (Phi) is 10.6. The first-order chi connectivity index (χ1) is 19.0. The summed E-state index contributed by atoms with van der Waals surface area (Å²) in [5.41, 5.74) is 2.88. The highest BCUT2D eigenvalue weighted by Crippen LogP contribution is 2.31. The van der Waals surface area contributed by atoms with Crippen LogP contribution in [0.2, 0.25) is 0 Å². The van der Waals surface area contributed by atoms with E-state index >= 15 is 0 Å². The molecule has 0 aliphatic carbocycles. The second-order valence-electron chi connectivity index (χ2n) is 9.25. The minimum Gasteiger partial charge on any atom is -0.453 e. The Morgan fingerprint density at radius 3 is 1.56 bits per heavy atom. The van der Waals surface area contributed by atoms with Gasteiger partial charge in [-0.15, -0.1) is 0 Å². The minimum absolute atomic E-state index is 0.129. The van der Waals surface area contributed by atoms with Crippen LogP contribution in [0.3, 0.4) is 0 Å². The van der Waals surface area contributed by atoms with Gasteiger partial charge in [-0.25, -0.2) is 0 Å². The number of ether oxygens (including phenoxy) is 6. The van der Waals surface area contributed by atoms with Gasteiger partial charge < -0.3 is 28.4 Å². The molecule has 0 amide bonds. The van der Waals surface area contributed by atoms with Crippen LogP contribution in [0.4, 0.5) is 0 Å². The van der Waals surface area contributed by atoms with Gasteiger partial charge in [0.05, 0.1) is 26.4 Å². The van der Waals surface area contributed by atoms with E-state index in [1.807, 2.05) is 91.0 Å². The smallest absolute Gasteiger partial charge is 0.305 e. The maximum atomic E-state index is 12.1. The van der Waals surface area contributed by atoms with Gasteiger partial charge in [0, 0.05) is 13.8 Å². The zero-order valence-corrected chi connectivity index (χ0v) is 22.1. The van der Waals surface area contributed by atoms with Gasteiger partial charge in [-0.1, -0.05) is 91.0 Å². The zero-order valence-electron chi connectivity index (χ0n) is 22.1. The van der Waals surface area contributed by atoms with E-state index in [0.29, 0.717) is 6.61 Å². The largest absolute Gasteiger partial charge is 0.453 e. The fraction of sp³-hybridized carbons (Fsp3) is 0.355. The van der Waals surface area contributed by atoms with Crippen LogP contribution < -0.4 is 0 Å². The average Bonchev–Trinajstić information content (AvgIpc) is 2.94. The predicted octanol–water partition coefficient (Wildman–Crippen LogP) is 4.59. The molecule has 39 heavy (non-hydrogen) atoms. The highest BCUT2D eigenvalue weighted by atomic mass is 16.7. The Morgan fingerprint density at radius 1 is 0.615 bits per heavy atom. The average molecular weight is 535 g/mol. The van der Waals surface area contributed by atoms with E-state index in [-0.39, 0.29) is 19.8 Å². The third-order valence-corrected chi connectivity index (χ3v) is 6.14. The van der Waals surface area contributed by atoms with E-state index in [2.05, 4.69) is 0 Å². The predicted molar refractivity (Wildman–Crippen MR) is 142 cm³/mol. The van der Waals surface area contributed by atoms with Crippen LogP contribution in [0.25, 0.3) is 0 Å². The highest BCUT2D eigenvalue weighted by molar-refractivity contribution is 5.67. The normalized spacial score (nSPS) is 22.7. The molecule has 0 unspecified atom stereocenters. The molecule has 5 atom stereocenters. The standard InChI is InChI=1S/C31H34O8/c1-22(32)37-30-29(36-20-26-16-10-5-11-17-26)28(35-19-25-14-8-4-9-15-25)27(39-31(30)38-23(2)33)21-34-18-24-12-6-3-7-13-24/h3-17,27-31H,18-21H2,1-2H3/t27-,28+,29-,30-,31-/m0/s1. The summed E-state index contributed by atoms with van der Waals surface area (Å²) in [5, 5.41) is 0. The van der Waals surface area contributed by atoms with Gasteiger partial charge in [0.2, 0.25) is 6.29 Å². The molecule has 3 aromatic carbocycles. The van der Waals surface area contributed by atoms with Crippen molar-refractivity contribution in [3.05, 3.63) is 108 Å². The second-order valence-corrected chi connectivity index (χ2v) is 9.25. The van der Waals surface area contributed by atoms with Crippen molar-refractivity contribution in [2.24, 2.45) is 0 Å². The molecule has 1 saturated heterocycles. The summed E-state index contributed by atoms with van der Waals surface area (Å²) in [5.74, 6) is -1.14. The van der Waals surface area contributed by atoms with Gasteiger partial charge in [-0.3, -0.25) is 9.59 Å². The van der Waals surface area contributed by atoms with Crippen molar-refractivity contribution in [3.8, 4) is 0 Å². The first-order valence-electron chi connectivity index (χ1n) is 12.9. The lowest BCUT2D eigenvalue weighted by atomic mass is 9.98. The number of carbonyl (C=O) groups excluding carboxylic acids is 2. The zero-order chi connectivity index (χ0) is 27.5. The maximum absolute atomic E-state index is 12.1. The van der Waals surface area contributed by atoms with Crippen LogP contribution >= 0.6 is 0 Å². The van der Waals surface area contributed by atoms with Crippen LogP contribution in [-0.4, -0.2) is 49.3 Å². The topological polar surface area (TPSA) is 89.5 Å². The monoisotopic (exact) mass is 534 g/mol. The van der Waals surface area contributed by atoms with E-state index < -0.39 is 42.6 Å². The molecule has 1 aliphatic rings. The Labute approximate surface area is 228 Å². The molecule has 0 saturated carbocycles. The lowest BCUT2D eigenvalue weighted by Crippen LogP contribution is -2.62. The summed E-state index contributed by atoms with van der Waals surface area (Å²) >= 11 is 0. The summed E-state index contributed by atoms with van der Waals surface area (Å²) in [7, 11) is 0. The van der Waals surface area contributed by atoms with Gasteiger partial charge in [0.25, 0.3) is 0 Å². The van der Waals surface area contributed by atoms with Crippen LogP contribution in [0.15, 0.2) is 91.0 Å². The van der Waals surface area contributed by atoms with Crippen molar-refractivity contribution in [2.75, 3.05) is 6.61 Å². The molecule has 3 aromatic rings. The molecular weight excluding hydrogens is 500 g/mol. The Balaban J connectivity index is 1.60. The van der Waals surface area contributed by atoms with E-state index in [9.17, 15) is 9.59 Å². The van der Waals surface area contributed by atoms with Crippen LogP contribution in [-0.2, 0) is 57.8 Å². The molecule has 8 nitrogen and oxygen atoms in total. The van der Waals surface area contributed by atoms with Crippen LogP contribution in [0.5, 0.6) is 0 Å². The van der Waals surface area contributed by atoms with Crippen molar-refractivity contribution in [1.82, 2.24) is 0 Å². The second kappa shape index (κ2) is 14.6. The lowest BCUT2D eigenvalue weighted by molar-refractivity contribution is -0.312. The molecule has 1 fully saturated rings. The number of hydrogen-bond donors (Lipinski definition) is 0. The number of carbonyl (C=O) groups is 2. The van der Waals surface area contributed by atoms with E-state index in [0.717, 1.165) is 16.7 Å². The van der Waals surface area contributed by atoms with Crippen LogP contribution in [0.1, 0.15) is 30.5 Å². The number of esters is 2. The first-order valence-corrected chi connectivity index (χ1v) is 12.9. The molecular formula is C31H34O8. The SMILES string of the molecule is CC(=O)O[C@H]1O[C@@H](COCc2ccccc2)[C@@H](OCc2ccccc2)[C@H](OCc2ccccc2)[C@@H]1OC(C)=O. The summed E-state index contributed by atoms with van der Waals surface area (Å²) in [6.45, 7) is 3.53. The molecule has 1 aliphatic heterocycles. The van der Waals surface area contributed by atoms with E-state index in [1.54, 1.807) is 0 Å². The molecule has 0 bridgehead atoms. The van der Waals surface area contributed by atoms with Gasteiger partial charge >= 0.3 is 11.9 Å². The van der Waals surface area contributed by atoms with Crippen molar-refractivity contribution in [1.29, 1.82) is 0 Å². The minimum atomic E-state index is -1.20. The van der Waals surface area contributed by atoms with Gasteiger partial charge in [0.15, 0.2) is 6.10 Å². The molecule has 4 rings (SSSR count). The third-order valence-electron chi connectivity index (χ3n) is 6.14. The quantitative estimate of drug-likeness (QED) is 0.312.